The van der Waals surface area contributed by atoms with Gasteiger partial charge in [0, 0.05) is 6.20 Å². The smallest absolute Gasteiger partial charge is 0.459 e. The molecular formula is C23H31N6O9P. The zero-order valence-electron chi connectivity index (χ0n) is 21.4. The number of anilines is 2. The van der Waals surface area contributed by atoms with Gasteiger partial charge in [-0.3, -0.25) is 20.0 Å². The molecular weight excluding hydrogens is 535 g/mol. The molecule has 1 aliphatic rings. The van der Waals surface area contributed by atoms with Gasteiger partial charge in [0.1, 0.15) is 35.8 Å². The molecule has 1 unspecified atom stereocenters. The summed E-state index contributed by atoms with van der Waals surface area (Å²) in [5.74, 6) is -0.579. The molecule has 2 aromatic heterocycles. The molecule has 212 valence electrons. The lowest BCUT2D eigenvalue weighted by atomic mass is 10.1. The molecule has 15 nitrogen and oxygen atoms in total. The maximum atomic E-state index is 13.7. The van der Waals surface area contributed by atoms with Crippen molar-refractivity contribution in [2.24, 2.45) is 0 Å². The fraction of sp³-hybridized carbons (Fsp3) is 0.435. The molecule has 3 aromatic rings. The van der Waals surface area contributed by atoms with E-state index in [9.17, 15) is 24.8 Å². The van der Waals surface area contributed by atoms with Gasteiger partial charge in [0.05, 0.1) is 18.1 Å². The molecule has 1 saturated heterocycles. The molecule has 1 fully saturated rings. The molecule has 1 aliphatic heterocycles. The van der Waals surface area contributed by atoms with Crippen molar-refractivity contribution >= 4 is 36.5 Å². The monoisotopic (exact) mass is 566 g/mol. The van der Waals surface area contributed by atoms with E-state index < -0.39 is 57.0 Å². The van der Waals surface area contributed by atoms with Gasteiger partial charge in [0.25, 0.3) is 0 Å². The Hall–Kier alpha value is -3.30. The molecule has 0 spiro atoms. The molecule has 0 bridgehead atoms. The van der Waals surface area contributed by atoms with E-state index in [1.165, 1.54) is 17.7 Å². The van der Waals surface area contributed by atoms with Crippen molar-refractivity contribution in [1.29, 1.82) is 0 Å². The second kappa shape index (κ2) is 11.8. The number of carbonyl (C=O) groups excluding carboxylic acids is 1. The van der Waals surface area contributed by atoms with Crippen molar-refractivity contribution in [2.45, 2.75) is 57.5 Å². The summed E-state index contributed by atoms with van der Waals surface area (Å²) in [4.78, 5) is 20.4. The molecule has 7 N–H and O–H groups in total. The second-order valence-electron chi connectivity index (χ2n) is 9.08. The number of nitrogens with two attached hydrogens (primary N) is 1. The van der Waals surface area contributed by atoms with E-state index in [0.717, 1.165) is 0 Å². The van der Waals surface area contributed by atoms with Gasteiger partial charge < -0.3 is 34.5 Å². The van der Waals surface area contributed by atoms with Crippen molar-refractivity contribution in [3.8, 4) is 5.75 Å². The normalized spacial score (nSPS) is 23.5. The third-order valence-electron chi connectivity index (χ3n) is 5.74. The summed E-state index contributed by atoms with van der Waals surface area (Å²) >= 11 is 0. The lowest BCUT2D eigenvalue weighted by molar-refractivity contribution is -0.149. The highest BCUT2D eigenvalue weighted by atomic mass is 31.2. The number of nitrogens with zero attached hydrogens (tertiary/aromatic N) is 3. The Morgan fingerprint density at radius 3 is 2.56 bits per heavy atom. The largest absolute Gasteiger partial charge is 0.462 e. The van der Waals surface area contributed by atoms with Crippen molar-refractivity contribution in [2.75, 3.05) is 17.8 Å². The predicted molar refractivity (Wildman–Crippen MR) is 138 cm³/mol. The molecule has 4 rings (SSSR count). The lowest BCUT2D eigenvalue weighted by Crippen LogP contribution is -2.38. The summed E-state index contributed by atoms with van der Waals surface area (Å²) < 4.78 is 37.3. The van der Waals surface area contributed by atoms with Gasteiger partial charge in [-0.2, -0.15) is 15.1 Å². The topological polar surface area (TPSA) is 213 Å². The summed E-state index contributed by atoms with van der Waals surface area (Å²) in [5, 5.41) is 33.7. The summed E-state index contributed by atoms with van der Waals surface area (Å²) in [6.45, 7) is 4.31. The Bertz CT molecular complexity index is 1340. The predicted octanol–water partition coefficient (Wildman–Crippen LogP) is 1.57. The summed E-state index contributed by atoms with van der Waals surface area (Å²) in [7, 11) is -4.23. The van der Waals surface area contributed by atoms with Crippen LogP contribution in [-0.2, 0) is 23.4 Å². The molecule has 16 heteroatoms. The van der Waals surface area contributed by atoms with Gasteiger partial charge in [0.2, 0.25) is 5.95 Å². The average molecular weight is 567 g/mol. The number of aliphatic hydroxyl groups is 2. The number of hydrogen-bond acceptors (Lipinski definition) is 13. The SMILES string of the molecule is CC(C)OC(=O)[C@H](C)NP(=O)(OC[C@H]1O[C@@H](n2ccc3c(NO)nc(N)nc32)[C@H](O)[C@@H]1O)Oc1ccccc1. The van der Waals surface area contributed by atoms with Crippen LogP contribution in [0.5, 0.6) is 5.75 Å². The average Bonchev–Trinajstić information content (AvgIpc) is 3.42. The van der Waals surface area contributed by atoms with Gasteiger partial charge in [0.15, 0.2) is 12.0 Å². The zero-order valence-corrected chi connectivity index (χ0v) is 22.3. The second-order valence-corrected chi connectivity index (χ2v) is 10.8. The highest BCUT2D eigenvalue weighted by molar-refractivity contribution is 7.52. The zero-order chi connectivity index (χ0) is 28.3. The van der Waals surface area contributed by atoms with E-state index >= 15 is 0 Å². The molecule has 0 saturated carbocycles. The van der Waals surface area contributed by atoms with E-state index in [1.54, 1.807) is 50.2 Å². The van der Waals surface area contributed by atoms with E-state index in [-0.39, 0.29) is 23.2 Å². The standard InChI is InChI=1S/C23H31N6O9P/c1-12(2)36-22(32)13(3)28-39(34,38-14-7-5-4-6-8-14)35-11-16-17(30)18(31)21(37-16)29-10-9-15-19(27-33)25-23(24)26-20(15)29/h4-10,12-13,16-18,21,30-31,33H,11H2,1-3H3,(H,28,34)(H3,24,25,26,27)/t13-,16+,17+,18+,21+,39?/m0/s1. The maximum absolute atomic E-state index is 13.7. The number of hydrogen-bond donors (Lipinski definition) is 6. The van der Waals surface area contributed by atoms with Crippen LogP contribution in [-0.4, -0.2) is 73.0 Å². The van der Waals surface area contributed by atoms with Gasteiger partial charge in [-0.15, -0.1) is 0 Å². The Labute approximate surface area is 223 Å². The Morgan fingerprint density at radius 1 is 1.18 bits per heavy atom. The number of nitrogens with one attached hydrogen (secondary N) is 2. The number of para-hydroxylation sites is 1. The molecule has 0 aliphatic carbocycles. The number of aromatic nitrogens is 3. The maximum Gasteiger partial charge on any atom is 0.459 e. The van der Waals surface area contributed by atoms with E-state index in [0.29, 0.717) is 5.39 Å². The third kappa shape index (κ3) is 6.47. The number of nitrogen functional groups attached to an aromatic ring is 1. The van der Waals surface area contributed by atoms with Crippen LogP contribution in [0.1, 0.15) is 27.0 Å². The highest BCUT2D eigenvalue weighted by Gasteiger charge is 2.46. The van der Waals surface area contributed by atoms with Crippen molar-refractivity contribution in [3.63, 3.8) is 0 Å². The van der Waals surface area contributed by atoms with Crippen LogP contribution < -0.4 is 20.8 Å². The summed E-state index contributed by atoms with van der Waals surface area (Å²) in [6, 6.07) is 8.66. The number of aliphatic hydroxyl groups excluding tert-OH is 2. The minimum atomic E-state index is -4.23. The first kappa shape index (κ1) is 28.7. The number of carbonyl (C=O) groups is 1. The van der Waals surface area contributed by atoms with Crippen LogP contribution in [0.4, 0.5) is 11.8 Å². The Kier molecular flexibility index (Phi) is 8.71. The first-order valence-corrected chi connectivity index (χ1v) is 13.6. The van der Waals surface area contributed by atoms with Crippen molar-refractivity contribution in [1.82, 2.24) is 19.6 Å². The van der Waals surface area contributed by atoms with Gasteiger partial charge in [-0.05, 0) is 39.0 Å². The quantitative estimate of drug-likeness (QED) is 0.110. The minimum Gasteiger partial charge on any atom is -0.462 e. The number of benzene rings is 1. The first-order valence-electron chi connectivity index (χ1n) is 12.0. The van der Waals surface area contributed by atoms with Crippen LogP contribution in [0.15, 0.2) is 42.6 Å². The van der Waals surface area contributed by atoms with Gasteiger partial charge >= 0.3 is 13.7 Å². The van der Waals surface area contributed by atoms with E-state index in [2.05, 4.69) is 15.1 Å². The number of fused-ring (bicyclic) bond motifs is 1. The number of rotatable bonds is 11. The van der Waals surface area contributed by atoms with Crippen LogP contribution in [0.3, 0.4) is 0 Å². The molecule has 1 aromatic carbocycles. The first-order chi connectivity index (χ1) is 18.5. The number of ether oxygens (including phenoxy) is 2. The minimum absolute atomic E-state index is 0.0411. The summed E-state index contributed by atoms with van der Waals surface area (Å²) in [6.07, 6.45) is -4.10. The molecule has 0 radical (unpaired) electrons. The fourth-order valence-corrected chi connectivity index (χ4v) is 5.45. The van der Waals surface area contributed by atoms with Gasteiger partial charge in [-0.1, -0.05) is 18.2 Å². The van der Waals surface area contributed by atoms with Crippen LogP contribution in [0.25, 0.3) is 11.0 Å². The van der Waals surface area contributed by atoms with Crippen LogP contribution in [0, 0.1) is 0 Å². The molecule has 6 atom stereocenters. The van der Waals surface area contributed by atoms with E-state index in [1.807, 2.05) is 5.48 Å². The summed E-state index contributed by atoms with van der Waals surface area (Å²) in [5.41, 5.74) is 7.87. The Balaban J connectivity index is 1.52. The molecule has 0 amide bonds. The number of esters is 1. The van der Waals surface area contributed by atoms with Gasteiger partial charge in [-0.25, -0.2) is 4.57 Å². The van der Waals surface area contributed by atoms with Crippen molar-refractivity contribution < 1.29 is 43.3 Å². The molecule has 3 heterocycles. The Morgan fingerprint density at radius 2 is 1.90 bits per heavy atom. The fourth-order valence-electron chi connectivity index (χ4n) is 3.94. The van der Waals surface area contributed by atoms with Crippen molar-refractivity contribution in [3.05, 3.63) is 42.6 Å². The molecule has 39 heavy (non-hydrogen) atoms. The highest BCUT2D eigenvalue weighted by Crippen LogP contribution is 2.46. The lowest BCUT2D eigenvalue weighted by Gasteiger charge is -2.25. The van der Waals surface area contributed by atoms with Crippen LogP contribution in [0.2, 0.25) is 0 Å². The van der Waals surface area contributed by atoms with E-state index in [4.69, 9.17) is 24.3 Å². The van der Waals surface area contributed by atoms with Crippen LogP contribution >= 0.6 is 7.75 Å². The third-order valence-corrected chi connectivity index (χ3v) is 7.38.